The van der Waals surface area contributed by atoms with Gasteiger partial charge < -0.3 is 9.26 Å². The maximum absolute atomic E-state index is 10.9. The highest BCUT2D eigenvalue weighted by molar-refractivity contribution is 5.77. The van der Waals surface area contributed by atoms with E-state index >= 15 is 0 Å². The van der Waals surface area contributed by atoms with Gasteiger partial charge in [0, 0.05) is 13.0 Å². The van der Waals surface area contributed by atoms with Crippen molar-refractivity contribution in [1.82, 2.24) is 10.1 Å². The molecule has 1 fully saturated rings. The summed E-state index contributed by atoms with van der Waals surface area (Å²) in [5, 5.41) is 3.85. The number of aromatic nitrogens is 2. The van der Waals surface area contributed by atoms with Gasteiger partial charge in [-0.25, -0.2) is 0 Å². The molecule has 0 amide bonds. The Balaban J connectivity index is 1.88. The van der Waals surface area contributed by atoms with Gasteiger partial charge in [-0.3, -0.25) is 4.79 Å². The number of Topliss-reactive ketones (excluding diaryl/α,β-unsaturated/α-hetero) is 1. The number of rotatable bonds is 4. The van der Waals surface area contributed by atoms with Crippen LogP contribution in [0, 0.1) is 0 Å². The summed E-state index contributed by atoms with van der Waals surface area (Å²) >= 11 is 0. The zero-order chi connectivity index (χ0) is 11.4. The Bertz CT molecular complexity index is 356. The van der Waals surface area contributed by atoms with Crippen LogP contribution in [-0.4, -0.2) is 28.6 Å². The molecule has 1 atom stereocenters. The third kappa shape index (κ3) is 3.13. The molecule has 0 radical (unpaired) electrons. The number of hydrogen-bond donors (Lipinski definition) is 0. The third-order valence-electron chi connectivity index (χ3n) is 2.59. The molecular weight excluding hydrogens is 208 g/mol. The SMILES string of the molecule is CC(=O)Cc1nc(CC2CCCCO2)no1. The van der Waals surface area contributed by atoms with E-state index in [0.29, 0.717) is 18.1 Å². The normalized spacial score (nSPS) is 20.9. The molecule has 5 heteroatoms. The summed E-state index contributed by atoms with van der Waals surface area (Å²) in [6.45, 7) is 2.33. The summed E-state index contributed by atoms with van der Waals surface area (Å²) in [6.07, 6.45) is 4.49. The zero-order valence-electron chi connectivity index (χ0n) is 9.44. The van der Waals surface area contributed by atoms with Crippen LogP contribution in [0.1, 0.15) is 37.9 Å². The molecule has 2 heterocycles. The number of ether oxygens (including phenoxy) is 1. The van der Waals surface area contributed by atoms with Gasteiger partial charge in [-0.05, 0) is 26.2 Å². The van der Waals surface area contributed by atoms with E-state index in [2.05, 4.69) is 10.1 Å². The fourth-order valence-electron chi connectivity index (χ4n) is 1.83. The van der Waals surface area contributed by atoms with E-state index in [9.17, 15) is 4.79 Å². The number of nitrogens with zero attached hydrogens (tertiary/aromatic N) is 2. The average molecular weight is 224 g/mol. The van der Waals surface area contributed by atoms with Crippen LogP contribution in [0.15, 0.2) is 4.52 Å². The fraction of sp³-hybridized carbons (Fsp3) is 0.727. The van der Waals surface area contributed by atoms with E-state index in [1.807, 2.05) is 0 Å². The highest BCUT2D eigenvalue weighted by Gasteiger charge is 2.17. The maximum atomic E-state index is 10.9. The van der Waals surface area contributed by atoms with Gasteiger partial charge in [0.2, 0.25) is 5.89 Å². The molecule has 1 aromatic heterocycles. The van der Waals surface area contributed by atoms with Crippen molar-refractivity contribution in [2.45, 2.75) is 45.1 Å². The second kappa shape index (κ2) is 5.21. The first kappa shape index (κ1) is 11.3. The highest BCUT2D eigenvalue weighted by atomic mass is 16.5. The molecule has 1 aromatic rings. The van der Waals surface area contributed by atoms with Crippen molar-refractivity contribution in [3.63, 3.8) is 0 Å². The van der Waals surface area contributed by atoms with Gasteiger partial charge in [-0.2, -0.15) is 4.98 Å². The van der Waals surface area contributed by atoms with Crippen molar-refractivity contribution in [3.05, 3.63) is 11.7 Å². The molecule has 0 spiro atoms. The second-order valence-electron chi connectivity index (χ2n) is 4.18. The van der Waals surface area contributed by atoms with Gasteiger partial charge >= 0.3 is 0 Å². The Kier molecular flexibility index (Phi) is 3.66. The molecular formula is C11H16N2O3. The van der Waals surface area contributed by atoms with Gasteiger partial charge in [0.1, 0.15) is 5.78 Å². The van der Waals surface area contributed by atoms with Gasteiger partial charge in [0.25, 0.3) is 0 Å². The lowest BCUT2D eigenvalue weighted by Gasteiger charge is -2.20. The molecule has 0 bridgehead atoms. The standard InChI is InChI=1S/C11H16N2O3/c1-8(14)6-11-12-10(13-16-11)7-9-4-2-3-5-15-9/h9H,2-7H2,1H3. The van der Waals surface area contributed by atoms with Crippen molar-refractivity contribution < 1.29 is 14.1 Å². The van der Waals surface area contributed by atoms with E-state index in [1.165, 1.54) is 13.3 Å². The highest BCUT2D eigenvalue weighted by Crippen LogP contribution is 2.16. The second-order valence-corrected chi connectivity index (χ2v) is 4.18. The summed E-state index contributed by atoms with van der Waals surface area (Å²) in [6, 6.07) is 0. The Hall–Kier alpha value is -1.23. The van der Waals surface area contributed by atoms with Crippen LogP contribution < -0.4 is 0 Å². The van der Waals surface area contributed by atoms with Gasteiger partial charge in [0.15, 0.2) is 5.82 Å². The van der Waals surface area contributed by atoms with Crippen molar-refractivity contribution in [2.24, 2.45) is 0 Å². The predicted octanol–water partition coefficient (Wildman–Crippen LogP) is 1.31. The smallest absolute Gasteiger partial charge is 0.234 e. The summed E-state index contributed by atoms with van der Waals surface area (Å²) < 4.78 is 10.6. The molecule has 2 rings (SSSR count). The van der Waals surface area contributed by atoms with E-state index in [4.69, 9.17) is 9.26 Å². The van der Waals surface area contributed by atoms with Crippen LogP contribution in [0.3, 0.4) is 0 Å². The minimum Gasteiger partial charge on any atom is -0.378 e. The molecule has 88 valence electrons. The van der Waals surface area contributed by atoms with Crippen molar-refractivity contribution in [1.29, 1.82) is 0 Å². The number of ketones is 1. The lowest BCUT2D eigenvalue weighted by Crippen LogP contribution is -2.21. The van der Waals surface area contributed by atoms with Crippen molar-refractivity contribution >= 4 is 5.78 Å². The van der Waals surface area contributed by atoms with E-state index in [-0.39, 0.29) is 18.3 Å². The van der Waals surface area contributed by atoms with Gasteiger partial charge in [-0.1, -0.05) is 5.16 Å². The van der Waals surface area contributed by atoms with E-state index < -0.39 is 0 Å². The summed E-state index contributed by atoms with van der Waals surface area (Å²) in [7, 11) is 0. The molecule has 1 aliphatic heterocycles. The molecule has 0 N–H and O–H groups in total. The summed E-state index contributed by atoms with van der Waals surface area (Å²) in [4.78, 5) is 15.0. The fourth-order valence-corrected chi connectivity index (χ4v) is 1.83. The van der Waals surface area contributed by atoms with Crippen LogP contribution in [0.25, 0.3) is 0 Å². The quantitative estimate of drug-likeness (QED) is 0.771. The minimum absolute atomic E-state index is 0.0316. The lowest BCUT2D eigenvalue weighted by molar-refractivity contribution is -0.116. The van der Waals surface area contributed by atoms with Crippen molar-refractivity contribution in [2.75, 3.05) is 6.61 Å². The predicted molar refractivity (Wildman–Crippen MR) is 56.0 cm³/mol. The first-order valence-electron chi connectivity index (χ1n) is 5.66. The topological polar surface area (TPSA) is 65.2 Å². The zero-order valence-corrected chi connectivity index (χ0v) is 9.44. The number of carbonyl (C=O) groups is 1. The lowest BCUT2D eigenvalue weighted by atomic mass is 10.1. The van der Waals surface area contributed by atoms with Crippen LogP contribution in [0.4, 0.5) is 0 Å². The first-order chi connectivity index (χ1) is 7.74. The monoisotopic (exact) mass is 224 g/mol. The minimum atomic E-state index is 0.0316. The van der Waals surface area contributed by atoms with Crippen LogP contribution in [0.2, 0.25) is 0 Å². The van der Waals surface area contributed by atoms with Crippen molar-refractivity contribution in [3.8, 4) is 0 Å². The Morgan fingerprint density at radius 3 is 3.06 bits per heavy atom. The molecule has 0 aromatic carbocycles. The summed E-state index contributed by atoms with van der Waals surface area (Å²) in [5.41, 5.74) is 0. The third-order valence-corrected chi connectivity index (χ3v) is 2.59. The first-order valence-corrected chi connectivity index (χ1v) is 5.66. The largest absolute Gasteiger partial charge is 0.378 e. The van der Waals surface area contributed by atoms with Crippen LogP contribution in [0.5, 0.6) is 0 Å². The maximum Gasteiger partial charge on any atom is 0.234 e. The Morgan fingerprint density at radius 1 is 1.50 bits per heavy atom. The van der Waals surface area contributed by atoms with E-state index in [0.717, 1.165) is 19.4 Å². The van der Waals surface area contributed by atoms with E-state index in [1.54, 1.807) is 0 Å². The van der Waals surface area contributed by atoms with Gasteiger partial charge in [-0.15, -0.1) is 0 Å². The average Bonchev–Trinajstić information content (AvgIpc) is 2.66. The number of hydrogen-bond acceptors (Lipinski definition) is 5. The van der Waals surface area contributed by atoms with Crippen LogP contribution >= 0.6 is 0 Å². The van der Waals surface area contributed by atoms with Gasteiger partial charge in [0.05, 0.1) is 12.5 Å². The Morgan fingerprint density at radius 2 is 2.38 bits per heavy atom. The Labute approximate surface area is 94.2 Å². The summed E-state index contributed by atoms with van der Waals surface area (Å²) in [5.74, 6) is 1.07. The molecule has 0 aliphatic carbocycles. The molecule has 5 nitrogen and oxygen atoms in total. The molecule has 1 unspecified atom stereocenters. The molecule has 1 aliphatic rings. The number of carbonyl (C=O) groups excluding carboxylic acids is 1. The molecule has 0 saturated carbocycles. The van der Waals surface area contributed by atoms with Crippen LogP contribution in [-0.2, 0) is 22.4 Å². The molecule has 16 heavy (non-hydrogen) atoms. The molecule has 1 saturated heterocycles.